The van der Waals surface area contributed by atoms with Gasteiger partial charge in [0.2, 0.25) is 0 Å². The second-order valence-electron chi connectivity index (χ2n) is 8.11. The van der Waals surface area contributed by atoms with Crippen molar-refractivity contribution in [2.24, 2.45) is 0 Å². The molecule has 2 aromatic carbocycles. The van der Waals surface area contributed by atoms with Crippen LogP contribution in [0.4, 0.5) is 5.69 Å². The van der Waals surface area contributed by atoms with E-state index in [0.717, 1.165) is 31.6 Å². The van der Waals surface area contributed by atoms with Crippen molar-refractivity contribution in [3.05, 3.63) is 63.6 Å². The number of benzene rings is 2. The summed E-state index contributed by atoms with van der Waals surface area (Å²) in [7, 11) is 0. The molecule has 1 fully saturated rings. The Bertz CT molecular complexity index is 904. The number of rotatable bonds is 4. The fourth-order valence-electron chi connectivity index (χ4n) is 4.69. The first kappa shape index (κ1) is 20.7. The molecule has 0 saturated carbocycles. The number of nitrogens with zero attached hydrogens (tertiary/aromatic N) is 2. The minimum atomic E-state index is -0.287. The predicted octanol–water partition coefficient (Wildman–Crippen LogP) is 4.51. The molecule has 154 valence electrons. The summed E-state index contributed by atoms with van der Waals surface area (Å²) in [6.45, 7) is 4.03. The first-order chi connectivity index (χ1) is 13.9. The van der Waals surface area contributed by atoms with Gasteiger partial charge in [-0.2, -0.15) is 0 Å². The Labute approximate surface area is 182 Å². The number of hydrogen-bond acceptors (Lipinski definition) is 4. The first-order valence-electron chi connectivity index (χ1n) is 10.2. The summed E-state index contributed by atoms with van der Waals surface area (Å²) in [5.41, 5.74) is 3.35. The van der Waals surface area contributed by atoms with Crippen LogP contribution < -0.4 is 4.90 Å². The monoisotopic (exact) mass is 432 g/mol. The number of ketones is 1. The van der Waals surface area contributed by atoms with Crippen LogP contribution in [0.1, 0.15) is 36.9 Å². The summed E-state index contributed by atoms with van der Waals surface area (Å²) in [6, 6.07) is 13.7. The molecule has 0 spiro atoms. The van der Waals surface area contributed by atoms with Crippen molar-refractivity contribution in [2.45, 2.75) is 44.4 Å². The van der Waals surface area contributed by atoms with Crippen LogP contribution in [0.15, 0.2) is 42.5 Å². The lowest BCUT2D eigenvalue weighted by Crippen LogP contribution is -2.52. The maximum atomic E-state index is 12.7. The average molecular weight is 433 g/mol. The van der Waals surface area contributed by atoms with Crippen LogP contribution in [0.5, 0.6) is 0 Å². The number of carbonyl (C=O) groups is 1. The van der Waals surface area contributed by atoms with Gasteiger partial charge in [-0.25, -0.2) is 0 Å². The quantitative estimate of drug-likeness (QED) is 0.771. The Hall–Kier alpha value is -1.59. The van der Waals surface area contributed by atoms with E-state index in [0.29, 0.717) is 23.0 Å². The molecule has 3 atom stereocenters. The summed E-state index contributed by atoms with van der Waals surface area (Å²) < 4.78 is 0. The highest BCUT2D eigenvalue weighted by molar-refractivity contribution is 6.42. The number of aliphatic hydroxyl groups is 1. The summed E-state index contributed by atoms with van der Waals surface area (Å²) in [5, 5.41) is 11.1. The number of likely N-dealkylation sites (tertiary alicyclic amines) is 1. The lowest BCUT2D eigenvalue weighted by molar-refractivity contribution is -0.118. The van der Waals surface area contributed by atoms with E-state index in [9.17, 15) is 9.90 Å². The van der Waals surface area contributed by atoms with Crippen molar-refractivity contribution >= 4 is 34.7 Å². The molecule has 29 heavy (non-hydrogen) atoms. The smallest absolute Gasteiger partial charge is 0.152 e. The zero-order valence-electron chi connectivity index (χ0n) is 16.5. The lowest BCUT2D eigenvalue weighted by atomic mass is 9.85. The fraction of sp³-hybridized carbons (Fsp3) is 0.435. The third kappa shape index (κ3) is 4.31. The number of fused-ring (bicyclic) bond motifs is 1. The highest BCUT2D eigenvalue weighted by Gasteiger charge is 2.38. The van der Waals surface area contributed by atoms with Gasteiger partial charge in [-0.1, -0.05) is 47.5 Å². The van der Waals surface area contributed by atoms with E-state index in [2.05, 4.69) is 28.0 Å². The SMILES string of the molecule is CC(=O)[C@@H]1Cc2ccccc2C(CN2CCC[C@@H](O)C2)N1c1ccc(Cl)c(Cl)c1. The molecule has 0 aromatic heterocycles. The summed E-state index contributed by atoms with van der Waals surface area (Å²) in [4.78, 5) is 17.2. The normalized spacial score (nSPS) is 25.0. The van der Waals surface area contributed by atoms with Crippen LogP contribution in [0.2, 0.25) is 10.0 Å². The molecule has 2 heterocycles. The van der Waals surface area contributed by atoms with E-state index in [1.165, 1.54) is 11.1 Å². The van der Waals surface area contributed by atoms with Crippen LogP contribution >= 0.6 is 23.2 Å². The zero-order valence-corrected chi connectivity index (χ0v) is 18.0. The number of halogens is 2. The molecule has 4 rings (SSSR count). The topological polar surface area (TPSA) is 43.8 Å². The Balaban J connectivity index is 1.78. The molecule has 1 unspecified atom stereocenters. The minimum Gasteiger partial charge on any atom is -0.392 e. The molecule has 0 radical (unpaired) electrons. The van der Waals surface area contributed by atoms with Gasteiger partial charge in [-0.05, 0) is 55.6 Å². The number of hydrogen-bond donors (Lipinski definition) is 1. The number of Topliss-reactive ketones (excluding diaryl/α,β-unsaturated/α-hetero) is 1. The Morgan fingerprint density at radius 2 is 1.97 bits per heavy atom. The first-order valence-corrected chi connectivity index (χ1v) is 10.9. The van der Waals surface area contributed by atoms with E-state index < -0.39 is 0 Å². The van der Waals surface area contributed by atoms with E-state index in [4.69, 9.17) is 23.2 Å². The van der Waals surface area contributed by atoms with Gasteiger partial charge >= 0.3 is 0 Å². The molecule has 1 saturated heterocycles. The second-order valence-corrected chi connectivity index (χ2v) is 8.92. The third-order valence-electron chi connectivity index (χ3n) is 6.08. The van der Waals surface area contributed by atoms with E-state index >= 15 is 0 Å². The lowest BCUT2D eigenvalue weighted by Gasteiger charge is -2.46. The summed E-state index contributed by atoms with van der Waals surface area (Å²) in [5.74, 6) is 0.134. The van der Waals surface area contributed by atoms with E-state index in [1.54, 1.807) is 13.0 Å². The molecule has 2 aliphatic heterocycles. The maximum Gasteiger partial charge on any atom is 0.152 e. The van der Waals surface area contributed by atoms with Gasteiger partial charge in [0.25, 0.3) is 0 Å². The minimum absolute atomic E-state index is 0.00334. The van der Waals surface area contributed by atoms with Crippen LogP contribution in [-0.4, -0.2) is 47.6 Å². The highest BCUT2D eigenvalue weighted by Crippen LogP contribution is 2.40. The van der Waals surface area contributed by atoms with Gasteiger partial charge in [-0.3, -0.25) is 9.69 Å². The van der Waals surface area contributed by atoms with Crippen molar-refractivity contribution in [2.75, 3.05) is 24.5 Å². The third-order valence-corrected chi connectivity index (χ3v) is 6.82. The number of carbonyl (C=O) groups excluding carboxylic acids is 1. The van der Waals surface area contributed by atoms with Crippen molar-refractivity contribution in [1.82, 2.24) is 4.90 Å². The largest absolute Gasteiger partial charge is 0.392 e. The Morgan fingerprint density at radius 1 is 1.17 bits per heavy atom. The van der Waals surface area contributed by atoms with Crippen LogP contribution in [0, 0.1) is 0 Å². The molecule has 4 nitrogen and oxygen atoms in total. The van der Waals surface area contributed by atoms with Crippen LogP contribution in [0.3, 0.4) is 0 Å². The number of anilines is 1. The van der Waals surface area contributed by atoms with E-state index in [-0.39, 0.29) is 24.0 Å². The fourth-order valence-corrected chi connectivity index (χ4v) is 4.98. The van der Waals surface area contributed by atoms with Gasteiger partial charge in [-0.15, -0.1) is 0 Å². The van der Waals surface area contributed by atoms with Crippen molar-refractivity contribution < 1.29 is 9.90 Å². The molecular formula is C23H26Cl2N2O2. The molecule has 0 aliphatic carbocycles. The zero-order chi connectivity index (χ0) is 20.5. The van der Waals surface area contributed by atoms with E-state index in [1.807, 2.05) is 18.2 Å². The van der Waals surface area contributed by atoms with Crippen molar-refractivity contribution in [1.29, 1.82) is 0 Å². The second kappa shape index (κ2) is 8.65. The number of β-amino-alcohol motifs (C(OH)–C–C–N with tert-alkyl or cyclic N) is 1. The highest BCUT2D eigenvalue weighted by atomic mass is 35.5. The van der Waals surface area contributed by atoms with Gasteiger partial charge in [0.05, 0.1) is 28.2 Å². The summed E-state index contributed by atoms with van der Waals surface area (Å²) >= 11 is 12.5. The van der Waals surface area contributed by atoms with Crippen LogP contribution in [-0.2, 0) is 11.2 Å². The molecule has 2 aromatic rings. The van der Waals surface area contributed by atoms with Gasteiger partial charge in [0, 0.05) is 25.2 Å². The number of aliphatic hydroxyl groups excluding tert-OH is 1. The van der Waals surface area contributed by atoms with Gasteiger partial charge in [0.1, 0.15) is 0 Å². The van der Waals surface area contributed by atoms with Crippen LogP contribution in [0.25, 0.3) is 0 Å². The van der Waals surface area contributed by atoms with Gasteiger partial charge in [0.15, 0.2) is 5.78 Å². The molecule has 0 bridgehead atoms. The molecule has 0 amide bonds. The molecular weight excluding hydrogens is 407 g/mol. The molecule has 1 N–H and O–H groups in total. The predicted molar refractivity (Wildman–Crippen MR) is 118 cm³/mol. The maximum absolute atomic E-state index is 12.7. The average Bonchev–Trinajstić information content (AvgIpc) is 2.70. The van der Waals surface area contributed by atoms with Crippen molar-refractivity contribution in [3.63, 3.8) is 0 Å². The standard InChI is InChI=1S/C23H26Cl2N2O2/c1-15(28)22-11-16-5-2-3-7-19(16)23(14-26-10-4-6-18(29)13-26)27(22)17-8-9-20(24)21(25)12-17/h2-3,5,7-9,12,18,22-23,29H,4,6,10-11,13-14H2,1H3/t18-,22+,23?/m1/s1. The summed E-state index contributed by atoms with van der Waals surface area (Å²) in [6.07, 6.45) is 2.22. The number of piperidine rings is 1. The van der Waals surface area contributed by atoms with Crippen molar-refractivity contribution in [3.8, 4) is 0 Å². The Kier molecular flexibility index (Phi) is 6.16. The molecule has 6 heteroatoms. The Morgan fingerprint density at radius 3 is 2.69 bits per heavy atom. The molecule has 2 aliphatic rings. The van der Waals surface area contributed by atoms with Gasteiger partial charge < -0.3 is 10.0 Å².